The second-order valence-corrected chi connectivity index (χ2v) is 7.41. The van der Waals surface area contributed by atoms with Gasteiger partial charge in [0.15, 0.2) is 5.82 Å². The van der Waals surface area contributed by atoms with Crippen LogP contribution in [0.1, 0.15) is 31.0 Å². The fourth-order valence-corrected chi connectivity index (χ4v) is 3.77. The van der Waals surface area contributed by atoms with Crippen LogP contribution in [0.2, 0.25) is 0 Å². The fourth-order valence-electron chi connectivity index (χ4n) is 3.77. The maximum absolute atomic E-state index is 11.9. The van der Waals surface area contributed by atoms with E-state index < -0.39 is 0 Å². The van der Waals surface area contributed by atoms with Gasteiger partial charge >= 0.3 is 0 Å². The second kappa shape index (κ2) is 7.53. The molecule has 4 heterocycles. The quantitative estimate of drug-likeness (QED) is 0.867. The Morgan fingerprint density at radius 2 is 2.14 bits per heavy atom. The molecule has 0 aliphatic carbocycles. The Morgan fingerprint density at radius 3 is 2.86 bits per heavy atom. The Hall–Kier alpha value is -3.03. The Kier molecular flexibility index (Phi) is 4.93. The van der Waals surface area contributed by atoms with Crippen molar-refractivity contribution in [3.05, 3.63) is 35.8 Å². The predicted octanol–water partition coefficient (Wildman–Crippen LogP) is 1.48. The summed E-state index contributed by atoms with van der Waals surface area (Å²) in [5.41, 5.74) is 2.77. The number of rotatable bonds is 3. The van der Waals surface area contributed by atoms with Crippen molar-refractivity contribution >= 4 is 17.6 Å². The van der Waals surface area contributed by atoms with Gasteiger partial charge in [0, 0.05) is 63.0 Å². The van der Waals surface area contributed by atoms with Crippen LogP contribution in [-0.2, 0) is 22.6 Å². The lowest BCUT2D eigenvalue weighted by Crippen LogP contribution is -2.43. The van der Waals surface area contributed by atoms with E-state index in [4.69, 9.17) is 9.97 Å². The van der Waals surface area contributed by atoms with E-state index in [-0.39, 0.29) is 17.9 Å². The average molecular weight is 380 g/mol. The number of nitrogens with one attached hydrogen (secondary N) is 1. The second-order valence-electron chi connectivity index (χ2n) is 7.41. The Balaban J connectivity index is 1.69. The van der Waals surface area contributed by atoms with E-state index in [1.54, 1.807) is 29.1 Å². The Labute approximate surface area is 164 Å². The van der Waals surface area contributed by atoms with Gasteiger partial charge < -0.3 is 15.1 Å². The minimum absolute atomic E-state index is 0.0501. The summed E-state index contributed by atoms with van der Waals surface area (Å²) in [6.45, 7) is 3.38. The van der Waals surface area contributed by atoms with Crippen LogP contribution >= 0.6 is 0 Å². The minimum Gasteiger partial charge on any atom is -0.365 e. The number of aromatic nitrogens is 3. The van der Waals surface area contributed by atoms with Crippen LogP contribution in [0.5, 0.6) is 0 Å². The van der Waals surface area contributed by atoms with Crippen molar-refractivity contribution in [1.29, 1.82) is 0 Å². The third-order valence-electron chi connectivity index (χ3n) is 5.40. The molecule has 4 rings (SSSR count). The van der Waals surface area contributed by atoms with Gasteiger partial charge in [0.05, 0.1) is 12.2 Å². The normalized spacial score (nSPS) is 19.4. The van der Waals surface area contributed by atoms with Crippen molar-refractivity contribution < 1.29 is 9.59 Å². The summed E-state index contributed by atoms with van der Waals surface area (Å²) in [5, 5.41) is 3.55. The van der Waals surface area contributed by atoms with E-state index in [0.717, 1.165) is 29.1 Å². The van der Waals surface area contributed by atoms with Crippen LogP contribution in [-0.4, -0.2) is 62.7 Å². The molecule has 0 radical (unpaired) electrons. The van der Waals surface area contributed by atoms with Gasteiger partial charge in [0.1, 0.15) is 5.82 Å². The van der Waals surface area contributed by atoms with Crippen molar-refractivity contribution in [3.63, 3.8) is 0 Å². The molecule has 28 heavy (non-hydrogen) atoms. The highest BCUT2D eigenvalue weighted by molar-refractivity contribution is 5.77. The number of hydrogen-bond acceptors (Lipinski definition) is 6. The number of likely N-dealkylation sites (N-methyl/N-ethyl adjacent to an activating group) is 1. The molecule has 0 saturated carbocycles. The summed E-state index contributed by atoms with van der Waals surface area (Å²) in [4.78, 5) is 40.9. The highest BCUT2D eigenvalue weighted by Gasteiger charge is 2.27. The van der Waals surface area contributed by atoms with Gasteiger partial charge in [-0.2, -0.15) is 0 Å². The molecular formula is C20H24N6O2. The average Bonchev–Trinajstić information content (AvgIpc) is 2.71. The van der Waals surface area contributed by atoms with Gasteiger partial charge in [-0.15, -0.1) is 0 Å². The van der Waals surface area contributed by atoms with Crippen LogP contribution in [0.3, 0.4) is 0 Å². The molecule has 0 bridgehead atoms. The first kappa shape index (κ1) is 18.3. The number of nitrogens with zero attached hydrogens (tertiary/aromatic N) is 5. The Morgan fingerprint density at radius 1 is 1.29 bits per heavy atom. The van der Waals surface area contributed by atoms with Crippen LogP contribution in [0.15, 0.2) is 24.5 Å². The van der Waals surface area contributed by atoms with Crippen LogP contribution in [0.25, 0.3) is 11.4 Å². The van der Waals surface area contributed by atoms with Gasteiger partial charge in [-0.3, -0.25) is 14.6 Å². The molecular weight excluding hydrogens is 356 g/mol. The summed E-state index contributed by atoms with van der Waals surface area (Å²) < 4.78 is 0. The zero-order valence-corrected chi connectivity index (χ0v) is 16.2. The summed E-state index contributed by atoms with van der Waals surface area (Å²) in [5.74, 6) is 1.63. The lowest BCUT2D eigenvalue weighted by molar-refractivity contribution is -0.132. The van der Waals surface area contributed by atoms with Crippen molar-refractivity contribution in [2.75, 3.05) is 25.5 Å². The van der Waals surface area contributed by atoms with Gasteiger partial charge in [-0.1, -0.05) is 0 Å². The van der Waals surface area contributed by atoms with Gasteiger partial charge in [-0.05, 0) is 25.0 Å². The third-order valence-corrected chi connectivity index (χ3v) is 5.40. The van der Waals surface area contributed by atoms with Crippen LogP contribution < -0.4 is 5.32 Å². The largest absolute Gasteiger partial charge is 0.365 e. The molecule has 1 atom stereocenters. The first-order chi connectivity index (χ1) is 13.5. The number of carbonyl (C=O) groups is 2. The number of pyridine rings is 1. The number of anilines is 1. The summed E-state index contributed by atoms with van der Waals surface area (Å²) in [6.07, 6.45) is 5.49. The standard InChI is InChI=1S/C20H24N6O2/c1-13(27)26-9-7-16-17(12-26)23-19(14-4-3-8-21-10-14)24-20(16)22-15-5-6-18(28)25(2)11-15/h3-4,8,10,15H,5-7,9,11-12H2,1-2H3,(H,22,23,24). The number of piperidine rings is 1. The lowest BCUT2D eigenvalue weighted by Gasteiger charge is -2.33. The zero-order valence-electron chi connectivity index (χ0n) is 16.2. The molecule has 1 saturated heterocycles. The van der Waals surface area contributed by atoms with Crippen LogP contribution in [0.4, 0.5) is 5.82 Å². The van der Waals surface area contributed by atoms with Gasteiger partial charge in [-0.25, -0.2) is 9.97 Å². The SMILES string of the molecule is CC(=O)N1CCc2c(nc(-c3cccnc3)nc2NC2CCC(=O)N(C)C2)C1. The number of amides is 2. The van der Waals surface area contributed by atoms with Gasteiger partial charge in [0.25, 0.3) is 0 Å². The molecule has 8 heteroatoms. The molecule has 1 unspecified atom stereocenters. The lowest BCUT2D eigenvalue weighted by atomic mass is 10.0. The van der Waals surface area contributed by atoms with E-state index in [9.17, 15) is 9.59 Å². The molecule has 0 spiro atoms. The molecule has 0 aromatic carbocycles. The summed E-state index contributed by atoms with van der Waals surface area (Å²) in [7, 11) is 1.83. The van der Waals surface area contributed by atoms with Gasteiger partial charge in [0.2, 0.25) is 11.8 Å². The monoisotopic (exact) mass is 380 g/mol. The minimum atomic E-state index is 0.0501. The molecule has 146 valence electrons. The van der Waals surface area contributed by atoms with Crippen molar-refractivity contribution in [1.82, 2.24) is 24.8 Å². The zero-order chi connectivity index (χ0) is 19.7. The fraction of sp³-hybridized carbons (Fsp3) is 0.450. The van der Waals surface area contributed by atoms with E-state index in [2.05, 4.69) is 10.3 Å². The molecule has 2 aromatic heterocycles. The van der Waals surface area contributed by atoms with Crippen molar-refractivity contribution in [2.45, 2.75) is 38.8 Å². The smallest absolute Gasteiger partial charge is 0.222 e. The summed E-state index contributed by atoms with van der Waals surface area (Å²) >= 11 is 0. The summed E-state index contributed by atoms with van der Waals surface area (Å²) in [6, 6.07) is 3.93. The molecule has 2 aliphatic heterocycles. The number of likely N-dealkylation sites (tertiary alicyclic amines) is 1. The maximum Gasteiger partial charge on any atom is 0.222 e. The third kappa shape index (κ3) is 3.67. The maximum atomic E-state index is 11.9. The molecule has 2 amide bonds. The topological polar surface area (TPSA) is 91.3 Å². The number of fused-ring (bicyclic) bond motifs is 1. The first-order valence-electron chi connectivity index (χ1n) is 9.57. The molecule has 2 aliphatic rings. The van der Waals surface area contributed by atoms with E-state index in [1.807, 2.05) is 19.2 Å². The number of hydrogen-bond donors (Lipinski definition) is 1. The molecule has 1 N–H and O–H groups in total. The van der Waals surface area contributed by atoms with E-state index >= 15 is 0 Å². The van der Waals surface area contributed by atoms with Crippen molar-refractivity contribution in [2.24, 2.45) is 0 Å². The predicted molar refractivity (Wildman–Crippen MR) is 104 cm³/mol. The number of carbonyl (C=O) groups excluding carboxylic acids is 2. The highest BCUT2D eigenvalue weighted by Crippen LogP contribution is 2.28. The molecule has 8 nitrogen and oxygen atoms in total. The first-order valence-corrected chi connectivity index (χ1v) is 9.57. The highest BCUT2D eigenvalue weighted by atomic mass is 16.2. The van der Waals surface area contributed by atoms with E-state index in [1.165, 1.54) is 0 Å². The molecule has 2 aromatic rings. The Bertz CT molecular complexity index is 901. The van der Waals surface area contributed by atoms with Crippen molar-refractivity contribution in [3.8, 4) is 11.4 Å². The van der Waals surface area contributed by atoms with Crippen LogP contribution in [0, 0.1) is 0 Å². The molecule has 1 fully saturated rings. The van der Waals surface area contributed by atoms with E-state index in [0.29, 0.717) is 38.3 Å².